The Morgan fingerprint density at radius 2 is 1.69 bits per heavy atom. The molecule has 3 aromatic carbocycles. The van der Waals surface area contributed by atoms with Crippen molar-refractivity contribution in [2.24, 2.45) is 10.7 Å². The Labute approximate surface area is 157 Å². The molecule has 0 heterocycles. The fourth-order valence-corrected chi connectivity index (χ4v) is 2.56. The fourth-order valence-electron chi connectivity index (χ4n) is 2.44. The third kappa shape index (κ3) is 4.72. The number of halogens is 1. The van der Waals surface area contributed by atoms with Crippen LogP contribution in [0.1, 0.15) is 5.56 Å². The summed E-state index contributed by atoms with van der Waals surface area (Å²) in [5.74, 6) is 0.415. The van der Waals surface area contributed by atoms with E-state index in [0.29, 0.717) is 16.5 Å². The average Bonchev–Trinajstić information content (AvgIpc) is 2.68. The Bertz CT molecular complexity index is 932. The van der Waals surface area contributed by atoms with Crippen LogP contribution in [-0.2, 0) is 0 Å². The minimum Gasteiger partial charge on any atom is -0.384 e. The lowest BCUT2D eigenvalue weighted by Gasteiger charge is -2.05. The maximum Gasteiger partial charge on any atom is 0.124 e. The molecule has 3 rings (SSSR count). The Balaban J connectivity index is 1.72. The minimum atomic E-state index is 0.415. The Kier molecular flexibility index (Phi) is 5.69. The van der Waals surface area contributed by atoms with Gasteiger partial charge in [-0.1, -0.05) is 54.1 Å². The van der Waals surface area contributed by atoms with Crippen molar-refractivity contribution in [2.45, 2.75) is 0 Å². The van der Waals surface area contributed by atoms with Crippen molar-refractivity contribution in [1.29, 1.82) is 0 Å². The molecule has 0 unspecified atom stereocenters. The van der Waals surface area contributed by atoms with Crippen LogP contribution in [0.15, 0.2) is 83.9 Å². The van der Waals surface area contributed by atoms with Gasteiger partial charge in [-0.3, -0.25) is 10.7 Å². The van der Waals surface area contributed by atoms with E-state index in [9.17, 15) is 0 Å². The number of nitrogens with two attached hydrogens (primary N) is 1. The maximum atomic E-state index is 9.01. The predicted molar refractivity (Wildman–Crippen MR) is 109 cm³/mol. The van der Waals surface area contributed by atoms with Crippen molar-refractivity contribution < 1.29 is 5.21 Å². The van der Waals surface area contributed by atoms with Crippen LogP contribution >= 0.6 is 11.6 Å². The molecule has 26 heavy (non-hydrogen) atoms. The summed E-state index contributed by atoms with van der Waals surface area (Å²) in [6.45, 7) is 0. The highest BCUT2D eigenvalue weighted by atomic mass is 35.5. The second kappa shape index (κ2) is 8.34. The number of anilines is 1. The van der Waals surface area contributed by atoms with Crippen molar-refractivity contribution in [3.8, 4) is 11.1 Å². The van der Waals surface area contributed by atoms with Crippen LogP contribution in [0.2, 0.25) is 5.02 Å². The van der Waals surface area contributed by atoms with E-state index in [1.165, 1.54) is 0 Å². The first-order chi connectivity index (χ1) is 12.6. The average molecular weight is 364 g/mol. The lowest BCUT2D eigenvalue weighted by atomic mass is 10.0. The Morgan fingerprint density at radius 1 is 0.962 bits per heavy atom. The van der Waals surface area contributed by atoms with Gasteiger partial charge in [-0.25, -0.2) is 4.99 Å². The number of aliphatic imine (C=N–C) groups is 1. The number of nitrogens with one attached hydrogen (secondary N) is 1. The zero-order valence-corrected chi connectivity index (χ0v) is 14.7. The third-order valence-corrected chi connectivity index (χ3v) is 4.02. The van der Waals surface area contributed by atoms with E-state index in [0.717, 1.165) is 22.4 Å². The Hall–Kier alpha value is -3.08. The number of hydrogen-bond donors (Lipinski definition) is 3. The summed E-state index contributed by atoms with van der Waals surface area (Å²) < 4.78 is 0. The summed E-state index contributed by atoms with van der Waals surface area (Å²) in [6.07, 6.45) is 3.67. The first-order valence-electron chi connectivity index (χ1n) is 8.02. The van der Waals surface area contributed by atoms with E-state index in [-0.39, 0.29) is 0 Å². The molecule has 0 spiro atoms. The van der Waals surface area contributed by atoms with E-state index < -0.39 is 0 Å². The molecule has 3 aromatic rings. The van der Waals surface area contributed by atoms with Gasteiger partial charge in [0, 0.05) is 5.02 Å². The van der Waals surface area contributed by atoms with E-state index in [4.69, 9.17) is 22.5 Å². The van der Waals surface area contributed by atoms with Gasteiger partial charge in [-0.2, -0.15) is 0 Å². The molecule has 0 aromatic heterocycles. The summed E-state index contributed by atoms with van der Waals surface area (Å²) >= 11 is 5.85. The number of rotatable bonds is 5. The normalized spacial score (nSPS) is 11.7. The fraction of sp³-hybridized carbons (Fsp3) is 0. The second-order valence-electron chi connectivity index (χ2n) is 5.66. The van der Waals surface area contributed by atoms with Crippen molar-refractivity contribution in [1.82, 2.24) is 0 Å². The summed E-state index contributed by atoms with van der Waals surface area (Å²) in [7, 11) is 0. The number of amidine groups is 1. The molecular formula is C21H18ClN3O. The summed E-state index contributed by atoms with van der Waals surface area (Å²) in [4.78, 5) is 4.32. The molecule has 0 atom stereocenters. The van der Waals surface area contributed by atoms with Gasteiger partial charge in [0.2, 0.25) is 0 Å². The first kappa shape index (κ1) is 17.7. The van der Waals surface area contributed by atoms with Gasteiger partial charge in [0.15, 0.2) is 0 Å². The smallest absolute Gasteiger partial charge is 0.124 e. The maximum absolute atomic E-state index is 9.01. The van der Waals surface area contributed by atoms with Gasteiger partial charge in [0.05, 0.1) is 11.4 Å². The van der Waals surface area contributed by atoms with Gasteiger partial charge in [0.1, 0.15) is 5.84 Å². The van der Waals surface area contributed by atoms with Crippen LogP contribution in [0.5, 0.6) is 0 Å². The van der Waals surface area contributed by atoms with Crippen molar-refractivity contribution in [3.05, 3.63) is 89.5 Å². The largest absolute Gasteiger partial charge is 0.384 e. The van der Waals surface area contributed by atoms with Crippen molar-refractivity contribution >= 4 is 34.9 Å². The van der Waals surface area contributed by atoms with Crippen LogP contribution in [0, 0.1) is 0 Å². The van der Waals surface area contributed by atoms with Gasteiger partial charge < -0.3 is 5.73 Å². The van der Waals surface area contributed by atoms with Crippen LogP contribution in [0.4, 0.5) is 11.4 Å². The first-order valence-corrected chi connectivity index (χ1v) is 8.40. The van der Waals surface area contributed by atoms with E-state index in [1.807, 2.05) is 60.7 Å². The molecule has 0 aliphatic rings. The highest BCUT2D eigenvalue weighted by molar-refractivity contribution is 6.30. The van der Waals surface area contributed by atoms with Crippen LogP contribution < -0.4 is 11.2 Å². The van der Waals surface area contributed by atoms with Crippen LogP contribution in [0.25, 0.3) is 17.2 Å². The standard InChI is InChI=1S/C21H18ClN3O/c22-18-9-11-19(12-10-18)24-21(23)13-6-15-4-7-16(8-5-15)17-2-1-3-20(14-17)25-26/h1-14,25-26H,(H2,23,24)/b13-6+. The number of benzene rings is 3. The van der Waals surface area contributed by atoms with E-state index >= 15 is 0 Å². The topological polar surface area (TPSA) is 70.6 Å². The lowest BCUT2D eigenvalue weighted by Crippen LogP contribution is -2.06. The van der Waals surface area contributed by atoms with E-state index in [2.05, 4.69) is 10.5 Å². The highest BCUT2D eigenvalue weighted by Crippen LogP contribution is 2.23. The molecule has 0 aliphatic carbocycles. The number of nitrogens with zero attached hydrogens (tertiary/aromatic N) is 1. The minimum absolute atomic E-state index is 0.415. The molecular weight excluding hydrogens is 346 g/mol. The molecule has 130 valence electrons. The summed E-state index contributed by atoms with van der Waals surface area (Å²) in [6, 6.07) is 22.8. The van der Waals surface area contributed by atoms with Gasteiger partial charge in [0.25, 0.3) is 0 Å². The molecule has 5 heteroatoms. The highest BCUT2D eigenvalue weighted by Gasteiger charge is 1.99. The molecule has 0 bridgehead atoms. The summed E-state index contributed by atoms with van der Waals surface area (Å²) in [5, 5.41) is 9.67. The van der Waals surface area contributed by atoms with Crippen LogP contribution in [0.3, 0.4) is 0 Å². The molecule has 0 fully saturated rings. The molecule has 0 radical (unpaired) electrons. The molecule has 0 amide bonds. The van der Waals surface area contributed by atoms with Crippen molar-refractivity contribution in [2.75, 3.05) is 5.48 Å². The zero-order chi connectivity index (χ0) is 18.4. The molecule has 0 aliphatic heterocycles. The van der Waals surface area contributed by atoms with Gasteiger partial charge >= 0.3 is 0 Å². The number of hydrogen-bond acceptors (Lipinski definition) is 3. The lowest BCUT2D eigenvalue weighted by molar-refractivity contribution is 0.389. The second-order valence-corrected chi connectivity index (χ2v) is 6.10. The zero-order valence-electron chi connectivity index (χ0n) is 13.9. The van der Waals surface area contributed by atoms with Gasteiger partial charge in [-0.05, 0) is 59.2 Å². The monoisotopic (exact) mass is 363 g/mol. The molecule has 4 N–H and O–H groups in total. The quantitative estimate of drug-likeness (QED) is 0.318. The molecule has 0 saturated carbocycles. The molecule has 0 saturated heterocycles. The van der Waals surface area contributed by atoms with Crippen molar-refractivity contribution in [3.63, 3.8) is 0 Å². The van der Waals surface area contributed by atoms with Crippen LogP contribution in [-0.4, -0.2) is 11.0 Å². The summed E-state index contributed by atoms with van der Waals surface area (Å²) in [5.41, 5.74) is 12.6. The SMILES string of the molecule is NC(/C=C/c1ccc(-c2cccc(NO)c2)cc1)=Nc1ccc(Cl)cc1. The van der Waals surface area contributed by atoms with Gasteiger partial charge in [-0.15, -0.1) is 0 Å². The predicted octanol–water partition coefficient (Wildman–Crippen LogP) is 5.51. The van der Waals surface area contributed by atoms with E-state index in [1.54, 1.807) is 24.3 Å². The third-order valence-electron chi connectivity index (χ3n) is 3.77. The molecule has 4 nitrogen and oxygen atoms in total. The Morgan fingerprint density at radius 3 is 2.38 bits per heavy atom.